The van der Waals surface area contributed by atoms with Gasteiger partial charge in [0.25, 0.3) is 11.8 Å². The van der Waals surface area contributed by atoms with Gasteiger partial charge in [-0.15, -0.1) is 0 Å². The predicted molar refractivity (Wildman–Crippen MR) is 135 cm³/mol. The van der Waals surface area contributed by atoms with Gasteiger partial charge in [-0.1, -0.05) is 57.3 Å². The fourth-order valence-electron chi connectivity index (χ4n) is 3.29. The van der Waals surface area contributed by atoms with Gasteiger partial charge < -0.3 is 4.74 Å². The van der Waals surface area contributed by atoms with Crippen LogP contribution in [0.15, 0.2) is 70.7 Å². The van der Waals surface area contributed by atoms with E-state index in [1.165, 1.54) is 6.08 Å². The molecule has 34 heavy (non-hydrogen) atoms. The molecule has 0 radical (unpaired) electrons. The fourth-order valence-corrected chi connectivity index (χ4v) is 4.00. The molecule has 0 atom stereocenters. The average molecular weight is 560 g/mol. The summed E-state index contributed by atoms with van der Waals surface area (Å²) in [6.45, 7) is 2.09. The van der Waals surface area contributed by atoms with Crippen molar-refractivity contribution in [1.82, 2.24) is 5.32 Å². The zero-order valence-corrected chi connectivity index (χ0v) is 20.9. The van der Waals surface area contributed by atoms with Crippen molar-refractivity contribution < 1.29 is 19.1 Å². The van der Waals surface area contributed by atoms with Crippen LogP contribution in [0.5, 0.6) is 5.75 Å². The van der Waals surface area contributed by atoms with Crippen LogP contribution in [0.4, 0.5) is 10.5 Å². The van der Waals surface area contributed by atoms with Crippen molar-refractivity contribution in [2.24, 2.45) is 0 Å². The maximum absolute atomic E-state index is 13.0. The second-order valence-electron chi connectivity index (χ2n) is 7.48. The monoisotopic (exact) mass is 558 g/mol. The Hall–Kier alpha value is -3.13. The molecule has 172 valence electrons. The normalized spacial score (nSPS) is 15.0. The molecule has 4 amide bonds. The van der Waals surface area contributed by atoms with E-state index >= 15 is 0 Å². The van der Waals surface area contributed by atoms with Crippen LogP contribution in [-0.2, 0) is 16.2 Å². The standard InChI is InChI=1S/C25H17BrCl2N2O4/c1-14-10-18(6-9-21(14)26)30-24(32)20(23(31)29-25(30)33)11-15-2-7-19(8-3-15)34-13-16-4-5-17(27)12-22(16)28/h2-12H,13H2,1H3,(H,29,31,33)/b20-11+. The third kappa shape index (κ3) is 5.17. The zero-order chi connectivity index (χ0) is 24.4. The van der Waals surface area contributed by atoms with Crippen molar-refractivity contribution in [2.45, 2.75) is 13.5 Å². The molecule has 3 aromatic rings. The highest BCUT2D eigenvalue weighted by Crippen LogP contribution is 2.27. The van der Waals surface area contributed by atoms with Crippen LogP contribution in [0.2, 0.25) is 10.0 Å². The second kappa shape index (κ2) is 10.0. The van der Waals surface area contributed by atoms with Gasteiger partial charge in [-0.3, -0.25) is 14.9 Å². The molecule has 3 aromatic carbocycles. The zero-order valence-electron chi connectivity index (χ0n) is 17.8. The van der Waals surface area contributed by atoms with Gasteiger partial charge in [-0.2, -0.15) is 0 Å². The number of halogens is 3. The summed E-state index contributed by atoms with van der Waals surface area (Å²) in [5.74, 6) is -0.874. The molecule has 6 nitrogen and oxygen atoms in total. The van der Waals surface area contributed by atoms with Crippen LogP contribution >= 0.6 is 39.1 Å². The second-order valence-corrected chi connectivity index (χ2v) is 9.18. The Kier molecular flexibility index (Phi) is 7.07. The van der Waals surface area contributed by atoms with E-state index in [4.69, 9.17) is 27.9 Å². The molecule has 1 saturated heterocycles. The first kappa shape index (κ1) is 24.0. The lowest BCUT2D eigenvalue weighted by molar-refractivity contribution is -0.122. The molecule has 0 spiro atoms. The van der Waals surface area contributed by atoms with Gasteiger partial charge >= 0.3 is 6.03 Å². The molecule has 4 rings (SSSR count). The summed E-state index contributed by atoms with van der Waals surface area (Å²) in [6.07, 6.45) is 1.43. The molecule has 1 N–H and O–H groups in total. The first-order valence-corrected chi connectivity index (χ1v) is 11.6. The molecule has 0 unspecified atom stereocenters. The number of hydrogen-bond acceptors (Lipinski definition) is 4. The maximum atomic E-state index is 13.0. The maximum Gasteiger partial charge on any atom is 0.335 e. The highest BCUT2D eigenvalue weighted by Gasteiger charge is 2.36. The van der Waals surface area contributed by atoms with Crippen LogP contribution in [0.25, 0.3) is 6.08 Å². The van der Waals surface area contributed by atoms with Crippen LogP contribution in [0, 0.1) is 6.92 Å². The number of aryl methyl sites for hydroxylation is 1. The Bertz CT molecular complexity index is 1340. The Morgan fingerprint density at radius 1 is 1.00 bits per heavy atom. The summed E-state index contributed by atoms with van der Waals surface area (Å²) in [5.41, 5.74) is 2.44. The summed E-state index contributed by atoms with van der Waals surface area (Å²) in [6, 6.07) is 16.3. The van der Waals surface area contributed by atoms with Crippen LogP contribution in [0.3, 0.4) is 0 Å². The first-order valence-electron chi connectivity index (χ1n) is 10.1. The van der Waals surface area contributed by atoms with E-state index in [0.717, 1.165) is 20.5 Å². The Balaban J connectivity index is 1.52. The molecule has 0 saturated carbocycles. The van der Waals surface area contributed by atoms with Gasteiger partial charge in [-0.05, 0) is 66.6 Å². The number of anilines is 1. The lowest BCUT2D eigenvalue weighted by Gasteiger charge is -2.26. The summed E-state index contributed by atoms with van der Waals surface area (Å²) in [7, 11) is 0. The van der Waals surface area contributed by atoms with E-state index in [0.29, 0.717) is 27.0 Å². The number of imide groups is 2. The van der Waals surface area contributed by atoms with E-state index in [-0.39, 0.29) is 12.2 Å². The van der Waals surface area contributed by atoms with Gasteiger partial charge in [-0.25, -0.2) is 9.69 Å². The molecular formula is C25H17BrCl2N2O4. The molecule has 1 fully saturated rings. The van der Waals surface area contributed by atoms with Crippen LogP contribution < -0.4 is 15.0 Å². The Morgan fingerprint density at radius 3 is 2.41 bits per heavy atom. The first-order chi connectivity index (χ1) is 16.2. The van der Waals surface area contributed by atoms with E-state index in [1.807, 2.05) is 6.92 Å². The van der Waals surface area contributed by atoms with Crippen LogP contribution in [-0.4, -0.2) is 17.8 Å². The number of nitrogens with zero attached hydrogens (tertiary/aromatic N) is 1. The van der Waals surface area contributed by atoms with Crippen molar-refractivity contribution >= 4 is 68.7 Å². The number of barbiturate groups is 1. The topological polar surface area (TPSA) is 75.7 Å². The number of urea groups is 1. The molecule has 9 heteroatoms. The average Bonchev–Trinajstić information content (AvgIpc) is 2.79. The van der Waals surface area contributed by atoms with Crippen LogP contribution in [0.1, 0.15) is 16.7 Å². The van der Waals surface area contributed by atoms with Gasteiger partial charge in [0.15, 0.2) is 0 Å². The van der Waals surface area contributed by atoms with Gasteiger partial charge in [0.05, 0.1) is 5.69 Å². The van der Waals surface area contributed by atoms with Crippen molar-refractivity contribution in [2.75, 3.05) is 4.90 Å². The number of nitrogens with one attached hydrogen (secondary N) is 1. The largest absolute Gasteiger partial charge is 0.489 e. The summed E-state index contributed by atoms with van der Waals surface area (Å²) < 4.78 is 6.60. The molecule has 1 heterocycles. The Morgan fingerprint density at radius 2 is 1.74 bits per heavy atom. The molecule has 0 bridgehead atoms. The number of rotatable bonds is 5. The van der Waals surface area contributed by atoms with E-state index < -0.39 is 17.8 Å². The van der Waals surface area contributed by atoms with E-state index in [9.17, 15) is 14.4 Å². The third-order valence-corrected chi connectivity index (χ3v) is 6.58. The van der Waals surface area contributed by atoms with Gasteiger partial charge in [0, 0.05) is 20.1 Å². The summed E-state index contributed by atoms with van der Waals surface area (Å²) in [4.78, 5) is 38.8. The van der Waals surface area contributed by atoms with Gasteiger partial charge in [0.2, 0.25) is 0 Å². The number of benzene rings is 3. The smallest absolute Gasteiger partial charge is 0.335 e. The number of carbonyl (C=O) groups is 3. The fraction of sp³-hybridized carbons (Fsp3) is 0.0800. The van der Waals surface area contributed by atoms with Crippen molar-refractivity contribution in [3.8, 4) is 5.75 Å². The van der Waals surface area contributed by atoms with Gasteiger partial charge in [0.1, 0.15) is 17.9 Å². The number of carbonyl (C=O) groups excluding carboxylic acids is 3. The van der Waals surface area contributed by atoms with Crippen molar-refractivity contribution in [1.29, 1.82) is 0 Å². The summed E-state index contributed by atoms with van der Waals surface area (Å²) in [5, 5.41) is 3.28. The molecular weight excluding hydrogens is 543 g/mol. The number of ether oxygens (including phenoxy) is 1. The highest BCUT2D eigenvalue weighted by atomic mass is 79.9. The predicted octanol–water partition coefficient (Wildman–Crippen LogP) is 6.31. The van der Waals surface area contributed by atoms with Crippen molar-refractivity contribution in [3.05, 3.63) is 97.4 Å². The van der Waals surface area contributed by atoms with E-state index in [2.05, 4.69) is 21.2 Å². The summed E-state index contributed by atoms with van der Waals surface area (Å²) >= 11 is 15.5. The van der Waals surface area contributed by atoms with E-state index in [1.54, 1.807) is 60.7 Å². The minimum Gasteiger partial charge on any atom is -0.489 e. The lowest BCUT2D eigenvalue weighted by Crippen LogP contribution is -2.54. The molecule has 1 aliphatic rings. The minimum absolute atomic E-state index is 0.151. The molecule has 1 aliphatic heterocycles. The van der Waals surface area contributed by atoms with Crippen molar-refractivity contribution in [3.63, 3.8) is 0 Å². The quantitative estimate of drug-likeness (QED) is 0.293. The minimum atomic E-state index is -0.793. The Labute approximate surface area is 214 Å². The number of amides is 4. The molecule has 0 aliphatic carbocycles. The third-order valence-electron chi connectivity index (χ3n) is 5.10. The molecule has 0 aromatic heterocycles. The SMILES string of the molecule is Cc1cc(N2C(=O)NC(=O)/C(=C\c3ccc(OCc4ccc(Cl)cc4Cl)cc3)C2=O)ccc1Br. The lowest BCUT2D eigenvalue weighted by atomic mass is 10.1. The number of hydrogen-bond donors (Lipinski definition) is 1. The highest BCUT2D eigenvalue weighted by molar-refractivity contribution is 9.10.